The van der Waals surface area contributed by atoms with E-state index in [1.165, 1.54) is 18.4 Å². The number of pyridine rings is 2. The van der Waals surface area contributed by atoms with Crippen molar-refractivity contribution in [3.05, 3.63) is 53.7 Å². The number of hydrogen-bond acceptors (Lipinski definition) is 7. The predicted molar refractivity (Wildman–Crippen MR) is 146 cm³/mol. The van der Waals surface area contributed by atoms with Crippen molar-refractivity contribution in [2.24, 2.45) is 11.8 Å². The van der Waals surface area contributed by atoms with Gasteiger partial charge in [0.15, 0.2) is 11.3 Å². The molecule has 1 aliphatic carbocycles. The summed E-state index contributed by atoms with van der Waals surface area (Å²) in [5.74, 6) is 0.915. The second kappa shape index (κ2) is 10.5. The highest BCUT2D eigenvalue weighted by Crippen LogP contribution is 2.40. The molecule has 0 spiro atoms. The molecule has 1 saturated carbocycles. The Labute approximate surface area is 220 Å². The average molecular weight is 518 g/mol. The molecule has 0 radical (unpaired) electrons. The summed E-state index contributed by atoms with van der Waals surface area (Å²) in [6.45, 7) is 6.21. The SMILES string of the molecule is COC(=O)c1sc(-c2ccc(-c3cc4ncccc4o3)nc2)cc1N(C(=O)[C@H]1CC[C@H](C)CC1)C(C)C. The Bertz CT molecular complexity index is 1380. The Morgan fingerprint density at radius 2 is 1.89 bits per heavy atom. The van der Waals surface area contributed by atoms with Crippen molar-refractivity contribution < 1.29 is 18.7 Å². The summed E-state index contributed by atoms with van der Waals surface area (Å²) in [4.78, 5) is 38.5. The Balaban J connectivity index is 1.48. The van der Waals surface area contributed by atoms with E-state index in [0.717, 1.165) is 41.6 Å². The zero-order chi connectivity index (χ0) is 26.1. The van der Waals surface area contributed by atoms with Gasteiger partial charge in [-0.3, -0.25) is 14.8 Å². The van der Waals surface area contributed by atoms with Crippen LogP contribution in [0.15, 0.2) is 53.2 Å². The minimum atomic E-state index is -0.443. The van der Waals surface area contributed by atoms with Gasteiger partial charge in [-0.05, 0) is 75.8 Å². The molecule has 0 unspecified atom stereocenters. The van der Waals surface area contributed by atoms with Crippen molar-refractivity contribution in [3.63, 3.8) is 0 Å². The third kappa shape index (κ3) is 5.03. The van der Waals surface area contributed by atoms with Crippen LogP contribution in [0.2, 0.25) is 0 Å². The Hall–Kier alpha value is -3.52. The fourth-order valence-electron chi connectivity index (χ4n) is 4.98. The number of esters is 1. The van der Waals surface area contributed by atoms with Gasteiger partial charge in [-0.25, -0.2) is 4.79 Å². The number of furan rings is 1. The number of amides is 1. The van der Waals surface area contributed by atoms with Gasteiger partial charge in [-0.15, -0.1) is 11.3 Å². The molecular formula is C29H31N3O4S. The second-order valence-electron chi connectivity index (χ2n) is 10.0. The molecule has 192 valence electrons. The lowest BCUT2D eigenvalue weighted by atomic mass is 9.82. The van der Waals surface area contributed by atoms with Gasteiger partial charge in [-0.2, -0.15) is 0 Å². The van der Waals surface area contributed by atoms with Crippen LogP contribution in [-0.4, -0.2) is 35.0 Å². The zero-order valence-corrected chi connectivity index (χ0v) is 22.4. The van der Waals surface area contributed by atoms with Crippen molar-refractivity contribution in [2.75, 3.05) is 12.0 Å². The first-order valence-corrected chi connectivity index (χ1v) is 13.5. The third-order valence-electron chi connectivity index (χ3n) is 7.05. The van der Waals surface area contributed by atoms with Crippen molar-refractivity contribution in [3.8, 4) is 21.9 Å². The third-order valence-corrected chi connectivity index (χ3v) is 8.20. The standard InChI is InChI=1S/C29H31N3O4S/c1-17(2)32(28(33)19-9-7-18(3)8-10-19)23-15-26(37-27(23)29(34)35-4)20-11-12-21(31-16-20)25-14-22-24(36-25)6-5-13-30-22/h5-6,11-19H,7-10H2,1-4H3/t18-,19-. The van der Waals surface area contributed by atoms with Crippen LogP contribution in [-0.2, 0) is 9.53 Å². The minimum absolute atomic E-state index is 0.0216. The van der Waals surface area contributed by atoms with E-state index in [4.69, 9.17) is 9.15 Å². The van der Waals surface area contributed by atoms with Crippen LogP contribution in [0.25, 0.3) is 33.0 Å². The minimum Gasteiger partial charge on any atom is -0.465 e. The maximum absolute atomic E-state index is 13.7. The van der Waals surface area contributed by atoms with Crippen molar-refractivity contribution >= 4 is 40.0 Å². The van der Waals surface area contributed by atoms with Crippen molar-refractivity contribution in [1.82, 2.24) is 9.97 Å². The summed E-state index contributed by atoms with van der Waals surface area (Å²) in [5, 5.41) is 0. The molecule has 0 bridgehead atoms. The molecule has 7 nitrogen and oxygen atoms in total. The van der Waals surface area contributed by atoms with Gasteiger partial charge >= 0.3 is 5.97 Å². The molecule has 0 N–H and O–H groups in total. The van der Waals surface area contributed by atoms with E-state index in [-0.39, 0.29) is 17.9 Å². The van der Waals surface area contributed by atoms with E-state index in [1.807, 2.05) is 50.2 Å². The largest absolute Gasteiger partial charge is 0.465 e. The first-order chi connectivity index (χ1) is 17.9. The summed E-state index contributed by atoms with van der Waals surface area (Å²) in [6, 6.07) is 11.2. The number of fused-ring (bicyclic) bond motifs is 1. The average Bonchev–Trinajstić information content (AvgIpc) is 3.54. The van der Waals surface area contributed by atoms with Crippen molar-refractivity contribution in [2.45, 2.75) is 52.5 Å². The van der Waals surface area contributed by atoms with E-state index >= 15 is 0 Å². The van der Waals surface area contributed by atoms with Gasteiger partial charge < -0.3 is 14.1 Å². The van der Waals surface area contributed by atoms with Crippen LogP contribution >= 0.6 is 11.3 Å². The van der Waals surface area contributed by atoms with E-state index in [9.17, 15) is 9.59 Å². The fraction of sp³-hybridized carbons (Fsp3) is 0.379. The van der Waals surface area contributed by atoms with Gasteiger partial charge in [0.2, 0.25) is 5.91 Å². The second-order valence-corrected chi connectivity index (χ2v) is 11.1. The molecule has 1 fully saturated rings. The molecule has 0 aliphatic heterocycles. The fourth-order valence-corrected chi connectivity index (χ4v) is 6.04. The number of hydrogen-bond donors (Lipinski definition) is 0. The molecule has 1 aliphatic rings. The first kappa shape index (κ1) is 25.1. The molecule has 4 heterocycles. The first-order valence-electron chi connectivity index (χ1n) is 12.7. The number of nitrogens with zero attached hydrogens (tertiary/aromatic N) is 3. The van der Waals surface area contributed by atoms with Gasteiger partial charge in [0.05, 0.1) is 12.8 Å². The predicted octanol–water partition coefficient (Wildman–Crippen LogP) is 6.97. The van der Waals surface area contributed by atoms with E-state index < -0.39 is 5.97 Å². The lowest BCUT2D eigenvalue weighted by molar-refractivity contribution is -0.123. The number of rotatable bonds is 6. The van der Waals surface area contributed by atoms with Gasteiger partial charge in [0.25, 0.3) is 0 Å². The lowest BCUT2D eigenvalue weighted by Gasteiger charge is -2.33. The molecular weight excluding hydrogens is 486 g/mol. The highest BCUT2D eigenvalue weighted by atomic mass is 32.1. The Morgan fingerprint density at radius 1 is 1.11 bits per heavy atom. The number of ether oxygens (including phenoxy) is 1. The number of carbonyl (C=O) groups excluding carboxylic acids is 2. The maximum Gasteiger partial charge on any atom is 0.350 e. The van der Waals surface area contributed by atoms with Gasteiger partial charge in [0.1, 0.15) is 16.1 Å². The number of carbonyl (C=O) groups is 2. The summed E-state index contributed by atoms with van der Waals surface area (Å²) in [6.07, 6.45) is 7.37. The normalized spacial score (nSPS) is 17.8. The zero-order valence-electron chi connectivity index (χ0n) is 21.6. The van der Waals surface area contributed by atoms with Gasteiger partial charge in [0, 0.05) is 40.9 Å². The number of thiophene rings is 1. The molecule has 4 aromatic heterocycles. The molecule has 0 aromatic carbocycles. The topological polar surface area (TPSA) is 85.5 Å². The quantitative estimate of drug-likeness (QED) is 0.257. The highest BCUT2D eigenvalue weighted by Gasteiger charge is 2.33. The number of methoxy groups -OCH3 is 1. The maximum atomic E-state index is 13.7. The summed E-state index contributed by atoms with van der Waals surface area (Å²) in [7, 11) is 1.37. The van der Waals surface area contributed by atoms with Crippen LogP contribution in [0.5, 0.6) is 0 Å². The molecule has 8 heteroatoms. The molecule has 1 amide bonds. The number of anilines is 1. The molecule has 37 heavy (non-hydrogen) atoms. The van der Waals surface area contributed by atoms with Crippen LogP contribution in [0.1, 0.15) is 56.1 Å². The lowest BCUT2D eigenvalue weighted by Crippen LogP contribution is -2.42. The Kier molecular flexibility index (Phi) is 7.11. The smallest absolute Gasteiger partial charge is 0.350 e. The van der Waals surface area contributed by atoms with E-state index in [1.54, 1.807) is 17.3 Å². The summed E-state index contributed by atoms with van der Waals surface area (Å²) < 4.78 is 11.0. The van der Waals surface area contributed by atoms with Gasteiger partial charge in [-0.1, -0.05) is 6.92 Å². The molecule has 5 rings (SSSR count). The molecule has 0 saturated heterocycles. The van der Waals surface area contributed by atoms with E-state index in [0.29, 0.717) is 33.5 Å². The van der Waals surface area contributed by atoms with E-state index in [2.05, 4.69) is 16.9 Å². The van der Waals surface area contributed by atoms with Crippen LogP contribution in [0, 0.1) is 11.8 Å². The molecule has 4 aromatic rings. The van der Waals surface area contributed by atoms with Crippen molar-refractivity contribution in [1.29, 1.82) is 0 Å². The Morgan fingerprint density at radius 3 is 2.54 bits per heavy atom. The summed E-state index contributed by atoms with van der Waals surface area (Å²) >= 11 is 1.32. The molecule has 0 atom stereocenters. The van der Waals surface area contributed by atoms with Crippen LogP contribution in [0.4, 0.5) is 5.69 Å². The highest BCUT2D eigenvalue weighted by molar-refractivity contribution is 7.18. The van der Waals surface area contributed by atoms with Crippen LogP contribution < -0.4 is 4.90 Å². The van der Waals surface area contributed by atoms with Crippen LogP contribution in [0.3, 0.4) is 0 Å². The monoisotopic (exact) mass is 517 g/mol. The number of aromatic nitrogens is 2. The summed E-state index contributed by atoms with van der Waals surface area (Å²) in [5.41, 5.74) is 3.64.